The monoisotopic (exact) mass is 264 g/mol. The fourth-order valence-corrected chi connectivity index (χ4v) is 2.65. The molecular weight excluding hydrogens is 248 g/mol. The van der Waals surface area contributed by atoms with Crippen LogP contribution in [0.2, 0.25) is 0 Å². The van der Waals surface area contributed by atoms with E-state index in [0.29, 0.717) is 12.1 Å². The molecule has 0 radical (unpaired) electrons. The Balaban J connectivity index is 2.19. The van der Waals surface area contributed by atoms with Crippen LogP contribution in [0.25, 0.3) is 0 Å². The number of Topliss-reactive ketones (excluding diaryl/α,β-unsaturated/α-hetero) is 1. The normalized spacial score (nSPS) is 18.1. The van der Waals surface area contributed by atoms with E-state index in [4.69, 9.17) is 0 Å². The van der Waals surface area contributed by atoms with Gasteiger partial charge < -0.3 is 10.6 Å². The number of benzene rings is 1. The summed E-state index contributed by atoms with van der Waals surface area (Å²) < 4.78 is 0. The third kappa shape index (κ3) is 2.73. The Kier molecular flexibility index (Phi) is 4.04. The maximum Gasteiger partial charge on any atom is 0.237 e. The number of ketones is 1. The number of amides is 1. The Morgan fingerprint density at radius 3 is 3.00 bits per heavy atom. The van der Waals surface area contributed by atoms with Crippen molar-refractivity contribution in [1.29, 1.82) is 0 Å². The van der Waals surface area contributed by atoms with Crippen molar-refractivity contribution >= 4 is 29.1 Å². The lowest BCUT2D eigenvalue weighted by Gasteiger charge is -2.21. The maximum atomic E-state index is 11.9. The predicted molar refractivity (Wildman–Crippen MR) is 73.3 cm³/mol. The van der Waals surface area contributed by atoms with Crippen LogP contribution in [-0.2, 0) is 4.79 Å². The number of anilines is 1. The summed E-state index contributed by atoms with van der Waals surface area (Å²) in [6.45, 7) is 4.92. The largest absolute Gasteiger partial charge is 0.324 e. The molecule has 0 fully saturated rings. The Morgan fingerprint density at radius 2 is 2.28 bits per heavy atom. The second kappa shape index (κ2) is 5.54. The van der Waals surface area contributed by atoms with Gasteiger partial charge in [-0.05, 0) is 25.6 Å². The smallest absolute Gasteiger partial charge is 0.237 e. The van der Waals surface area contributed by atoms with Crippen molar-refractivity contribution in [3.05, 3.63) is 23.8 Å². The number of hydrogen-bond acceptors (Lipinski definition) is 4. The number of carbonyl (C=O) groups is 2. The zero-order chi connectivity index (χ0) is 13.1. The molecule has 2 rings (SSSR count). The van der Waals surface area contributed by atoms with Crippen molar-refractivity contribution in [3.63, 3.8) is 0 Å². The number of hydrogen-bond donors (Lipinski definition) is 2. The topological polar surface area (TPSA) is 58.2 Å². The first kappa shape index (κ1) is 13.1. The van der Waals surface area contributed by atoms with Gasteiger partial charge >= 0.3 is 0 Å². The minimum atomic E-state index is -0.0826. The van der Waals surface area contributed by atoms with Crippen molar-refractivity contribution in [2.75, 3.05) is 18.4 Å². The number of rotatable bonds is 4. The molecule has 1 amide bonds. The van der Waals surface area contributed by atoms with Gasteiger partial charge in [0.25, 0.3) is 0 Å². The van der Waals surface area contributed by atoms with Gasteiger partial charge in [-0.25, -0.2) is 0 Å². The zero-order valence-corrected chi connectivity index (χ0v) is 11.3. The Hall–Kier alpha value is -1.33. The van der Waals surface area contributed by atoms with E-state index < -0.39 is 0 Å². The standard InChI is InChI=1S/C13H16N2O2S/c1-3-14-7-11(16)9-4-5-12-10(6-9)15-13(17)8(2)18-12/h4-6,8,14H,3,7H2,1-2H3,(H,15,17). The van der Waals surface area contributed by atoms with Gasteiger partial charge in [-0.3, -0.25) is 9.59 Å². The average molecular weight is 264 g/mol. The van der Waals surface area contributed by atoms with E-state index in [1.165, 1.54) is 11.8 Å². The minimum absolute atomic E-state index is 0.0104. The first-order chi connectivity index (χ1) is 8.61. The highest BCUT2D eigenvalue weighted by molar-refractivity contribution is 8.00. The zero-order valence-electron chi connectivity index (χ0n) is 10.4. The highest BCUT2D eigenvalue weighted by atomic mass is 32.2. The molecule has 1 aromatic rings. The lowest BCUT2D eigenvalue weighted by atomic mass is 10.1. The first-order valence-corrected chi connectivity index (χ1v) is 6.85. The van der Waals surface area contributed by atoms with Crippen LogP contribution >= 0.6 is 11.8 Å². The van der Waals surface area contributed by atoms with Gasteiger partial charge in [-0.2, -0.15) is 0 Å². The van der Waals surface area contributed by atoms with E-state index >= 15 is 0 Å². The third-order valence-electron chi connectivity index (χ3n) is 2.77. The summed E-state index contributed by atoms with van der Waals surface area (Å²) >= 11 is 1.52. The molecule has 4 nitrogen and oxygen atoms in total. The lowest BCUT2D eigenvalue weighted by molar-refractivity contribution is -0.115. The molecule has 1 atom stereocenters. The molecule has 0 aliphatic carbocycles. The van der Waals surface area contributed by atoms with E-state index in [0.717, 1.165) is 17.1 Å². The summed E-state index contributed by atoms with van der Waals surface area (Å²) in [4.78, 5) is 24.4. The van der Waals surface area contributed by atoms with Crippen molar-refractivity contribution in [1.82, 2.24) is 5.32 Å². The van der Waals surface area contributed by atoms with E-state index in [1.807, 2.05) is 26.0 Å². The minimum Gasteiger partial charge on any atom is -0.324 e. The molecule has 1 aromatic carbocycles. The van der Waals surface area contributed by atoms with Crippen LogP contribution in [-0.4, -0.2) is 30.0 Å². The van der Waals surface area contributed by atoms with E-state index in [1.54, 1.807) is 6.07 Å². The van der Waals surface area contributed by atoms with Crippen LogP contribution in [0.15, 0.2) is 23.1 Å². The molecule has 1 unspecified atom stereocenters. The summed E-state index contributed by atoms with van der Waals surface area (Å²) in [6, 6.07) is 5.47. The van der Waals surface area contributed by atoms with Crippen LogP contribution < -0.4 is 10.6 Å². The Morgan fingerprint density at radius 1 is 1.50 bits per heavy atom. The summed E-state index contributed by atoms with van der Waals surface area (Å²) in [5.74, 6) is 0.0290. The number of likely N-dealkylation sites (N-methyl/N-ethyl adjacent to an activating group) is 1. The van der Waals surface area contributed by atoms with Gasteiger partial charge in [0.1, 0.15) is 0 Å². The Bertz CT molecular complexity index is 488. The fourth-order valence-electron chi connectivity index (χ4n) is 1.72. The van der Waals surface area contributed by atoms with Crippen LogP contribution in [0.1, 0.15) is 24.2 Å². The summed E-state index contributed by atoms with van der Waals surface area (Å²) in [5, 5.41) is 5.75. The van der Waals surface area contributed by atoms with Gasteiger partial charge in [-0.15, -0.1) is 11.8 Å². The summed E-state index contributed by atoms with van der Waals surface area (Å²) in [6.07, 6.45) is 0. The molecule has 96 valence electrons. The van der Waals surface area contributed by atoms with E-state index in [9.17, 15) is 9.59 Å². The van der Waals surface area contributed by atoms with Gasteiger partial charge in [0, 0.05) is 10.5 Å². The van der Waals surface area contributed by atoms with Crippen molar-refractivity contribution in [2.45, 2.75) is 24.0 Å². The van der Waals surface area contributed by atoms with Crippen LogP contribution in [0.5, 0.6) is 0 Å². The molecule has 1 aliphatic rings. The van der Waals surface area contributed by atoms with Crippen molar-refractivity contribution in [2.24, 2.45) is 0 Å². The molecule has 1 heterocycles. The van der Waals surface area contributed by atoms with Gasteiger partial charge in [0.15, 0.2) is 5.78 Å². The second-order valence-corrected chi connectivity index (χ2v) is 5.55. The van der Waals surface area contributed by atoms with Crippen molar-refractivity contribution < 1.29 is 9.59 Å². The van der Waals surface area contributed by atoms with Crippen molar-refractivity contribution in [3.8, 4) is 0 Å². The highest BCUT2D eigenvalue weighted by Gasteiger charge is 2.23. The molecule has 18 heavy (non-hydrogen) atoms. The summed E-state index contributed by atoms with van der Waals surface area (Å²) in [7, 11) is 0. The molecule has 0 bridgehead atoms. The highest BCUT2D eigenvalue weighted by Crippen LogP contribution is 2.35. The summed E-state index contributed by atoms with van der Waals surface area (Å²) in [5.41, 5.74) is 1.37. The quantitative estimate of drug-likeness (QED) is 0.816. The molecule has 1 aliphatic heterocycles. The molecule has 0 saturated carbocycles. The molecule has 0 spiro atoms. The van der Waals surface area contributed by atoms with Gasteiger partial charge in [-0.1, -0.05) is 13.0 Å². The van der Waals surface area contributed by atoms with Gasteiger partial charge in [0.05, 0.1) is 17.5 Å². The molecule has 2 N–H and O–H groups in total. The number of carbonyl (C=O) groups excluding carboxylic acids is 2. The fraction of sp³-hybridized carbons (Fsp3) is 0.385. The predicted octanol–water partition coefficient (Wildman–Crippen LogP) is 1.91. The van der Waals surface area contributed by atoms with Crippen LogP contribution in [0.4, 0.5) is 5.69 Å². The van der Waals surface area contributed by atoms with Gasteiger partial charge in [0.2, 0.25) is 5.91 Å². The number of thioether (sulfide) groups is 1. The van der Waals surface area contributed by atoms with Crippen LogP contribution in [0.3, 0.4) is 0 Å². The maximum absolute atomic E-state index is 11.9. The SMILES string of the molecule is CCNCC(=O)c1ccc2c(c1)NC(=O)C(C)S2. The first-order valence-electron chi connectivity index (χ1n) is 5.97. The van der Waals surface area contributed by atoms with E-state index in [-0.39, 0.29) is 16.9 Å². The van der Waals surface area contributed by atoms with Crippen LogP contribution in [0, 0.1) is 0 Å². The average Bonchev–Trinajstić information content (AvgIpc) is 2.36. The Labute approximate surface area is 111 Å². The molecule has 0 saturated heterocycles. The molecule has 0 aromatic heterocycles. The third-order valence-corrected chi connectivity index (χ3v) is 3.95. The lowest BCUT2D eigenvalue weighted by Crippen LogP contribution is -2.27. The molecular formula is C13H16N2O2S. The van der Waals surface area contributed by atoms with E-state index in [2.05, 4.69) is 10.6 Å². The molecule has 5 heteroatoms. The second-order valence-electron chi connectivity index (χ2n) is 4.16. The number of nitrogens with one attached hydrogen (secondary N) is 2. The number of fused-ring (bicyclic) bond motifs is 1.